The predicted octanol–water partition coefficient (Wildman–Crippen LogP) is 2.46. The van der Waals surface area contributed by atoms with E-state index in [1.807, 2.05) is 0 Å². The summed E-state index contributed by atoms with van der Waals surface area (Å²) in [4.78, 5) is -0.202. The second-order valence-electron chi connectivity index (χ2n) is 5.20. The number of rotatable bonds is 3. The third kappa shape index (κ3) is 3.45. The summed E-state index contributed by atoms with van der Waals surface area (Å²) in [5.74, 6) is -0.0876. The van der Waals surface area contributed by atoms with Crippen molar-refractivity contribution in [1.82, 2.24) is 0 Å². The van der Waals surface area contributed by atoms with E-state index in [-0.39, 0.29) is 10.9 Å². The van der Waals surface area contributed by atoms with Crippen LogP contribution in [-0.4, -0.2) is 14.5 Å². The number of halogens is 1. The van der Waals surface area contributed by atoms with Crippen LogP contribution < -0.4 is 10.5 Å². The molecule has 1 fully saturated rings. The Balaban J connectivity index is 2.17. The number of benzene rings is 1. The summed E-state index contributed by atoms with van der Waals surface area (Å²) < 4.78 is 36.1. The van der Waals surface area contributed by atoms with E-state index in [9.17, 15) is 12.8 Å². The molecule has 0 heterocycles. The lowest BCUT2D eigenvalue weighted by Crippen LogP contribution is -2.30. The summed E-state index contributed by atoms with van der Waals surface area (Å²) >= 11 is 0. The summed E-state index contributed by atoms with van der Waals surface area (Å²) in [6.07, 6.45) is 4.50. The Hall–Kier alpha value is -1.14. The third-order valence-corrected chi connectivity index (χ3v) is 4.63. The Labute approximate surface area is 113 Å². The number of hydrogen-bond acceptors (Lipinski definition) is 3. The maximum atomic E-state index is 13.9. The molecule has 0 bridgehead atoms. The SMILES string of the molecule is CC1CCCCC1Nc1ccc(S(N)(=O)=O)cc1F. The molecule has 4 nitrogen and oxygen atoms in total. The fraction of sp³-hybridized carbons (Fsp3) is 0.538. The highest BCUT2D eigenvalue weighted by Gasteiger charge is 2.22. The van der Waals surface area contributed by atoms with Crippen molar-refractivity contribution in [3.8, 4) is 0 Å². The molecule has 1 aromatic carbocycles. The summed E-state index contributed by atoms with van der Waals surface area (Å²) in [5.41, 5.74) is 0.339. The van der Waals surface area contributed by atoms with Gasteiger partial charge in [-0.05, 0) is 37.0 Å². The van der Waals surface area contributed by atoms with Crippen LogP contribution in [0.15, 0.2) is 23.1 Å². The van der Waals surface area contributed by atoms with E-state index in [4.69, 9.17) is 5.14 Å². The van der Waals surface area contributed by atoms with Crippen molar-refractivity contribution in [3.05, 3.63) is 24.0 Å². The summed E-state index contributed by atoms with van der Waals surface area (Å²) in [5, 5.41) is 8.13. The Bertz CT molecular complexity index is 560. The highest BCUT2D eigenvalue weighted by atomic mass is 32.2. The Morgan fingerprint density at radius 2 is 2.00 bits per heavy atom. The summed E-state index contributed by atoms with van der Waals surface area (Å²) in [6.45, 7) is 2.15. The molecular formula is C13H19FN2O2S. The molecule has 6 heteroatoms. The van der Waals surface area contributed by atoms with Gasteiger partial charge in [0.05, 0.1) is 10.6 Å². The van der Waals surface area contributed by atoms with Gasteiger partial charge in [0.25, 0.3) is 0 Å². The lowest BCUT2D eigenvalue weighted by atomic mass is 9.86. The van der Waals surface area contributed by atoms with Gasteiger partial charge in [0.1, 0.15) is 5.82 Å². The summed E-state index contributed by atoms with van der Waals surface area (Å²) in [6, 6.07) is 3.97. The van der Waals surface area contributed by atoms with E-state index in [2.05, 4.69) is 12.2 Å². The minimum Gasteiger partial charge on any atom is -0.380 e. The molecule has 1 aliphatic carbocycles. The van der Waals surface area contributed by atoms with Crippen LogP contribution in [0.5, 0.6) is 0 Å². The van der Waals surface area contributed by atoms with Gasteiger partial charge < -0.3 is 5.32 Å². The van der Waals surface area contributed by atoms with Crippen LogP contribution in [0.1, 0.15) is 32.6 Å². The van der Waals surface area contributed by atoms with Gasteiger partial charge in [-0.1, -0.05) is 19.8 Å². The molecule has 1 aromatic rings. The molecule has 2 atom stereocenters. The number of anilines is 1. The van der Waals surface area contributed by atoms with Crippen molar-refractivity contribution in [2.45, 2.75) is 43.5 Å². The van der Waals surface area contributed by atoms with E-state index in [1.165, 1.54) is 18.6 Å². The third-order valence-electron chi connectivity index (χ3n) is 3.72. The second-order valence-corrected chi connectivity index (χ2v) is 6.76. The molecule has 3 N–H and O–H groups in total. The lowest BCUT2D eigenvalue weighted by molar-refractivity contribution is 0.348. The van der Waals surface area contributed by atoms with Crippen molar-refractivity contribution >= 4 is 15.7 Å². The molecule has 106 valence electrons. The Morgan fingerprint density at radius 3 is 2.58 bits per heavy atom. The van der Waals surface area contributed by atoms with Crippen molar-refractivity contribution in [2.75, 3.05) is 5.32 Å². The number of hydrogen-bond donors (Lipinski definition) is 2. The molecule has 2 rings (SSSR count). The zero-order chi connectivity index (χ0) is 14.0. The minimum absolute atomic E-state index is 0.202. The van der Waals surface area contributed by atoms with Gasteiger partial charge in [-0.3, -0.25) is 0 Å². The van der Waals surface area contributed by atoms with Crippen LogP contribution in [0.2, 0.25) is 0 Å². The lowest BCUT2D eigenvalue weighted by Gasteiger charge is -2.30. The van der Waals surface area contributed by atoms with Crippen molar-refractivity contribution in [1.29, 1.82) is 0 Å². The quantitative estimate of drug-likeness (QED) is 0.896. The number of nitrogens with two attached hydrogens (primary N) is 1. The fourth-order valence-electron chi connectivity index (χ4n) is 2.52. The molecular weight excluding hydrogens is 267 g/mol. The standard InChI is InChI=1S/C13H19FN2O2S/c1-9-4-2-3-5-12(9)16-13-7-6-10(8-11(13)14)19(15,17)18/h6-9,12,16H,2-5H2,1H3,(H2,15,17,18). The van der Waals surface area contributed by atoms with Gasteiger partial charge >= 0.3 is 0 Å². The number of primary sulfonamides is 1. The van der Waals surface area contributed by atoms with E-state index < -0.39 is 15.8 Å². The van der Waals surface area contributed by atoms with Crippen LogP contribution >= 0.6 is 0 Å². The highest BCUT2D eigenvalue weighted by Crippen LogP contribution is 2.28. The fourth-order valence-corrected chi connectivity index (χ4v) is 3.05. The second kappa shape index (κ2) is 5.46. The molecule has 0 aromatic heterocycles. The van der Waals surface area contributed by atoms with Crippen LogP contribution in [0, 0.1) is 11.7 Å². The molecule has 0 saturated heterocycles. The van der Waals surface area contributed by atoms with Crippen LogP contribution in [0.4, 0.5) is 10.1 Å². The first kappa shape index (κ1) is 14.3. The van der Waals surface area contributed by atoms with E-state index in [0.717, 1.165) is 25.3 Å². The van der Waals surface area contributed by atoms with E-state index in [0.29, 0.717) is 11.6 Å². The monoisotopic (exact) mass is 286 g/mol. The highest BCUT2D eigenvalue weighted by molar-refractivity contribution is 7.89. The average Bonchev–Trinajstić information content (AvgIpc) is 2.33. The molecule has 0 spiro atoms. The Morgan fingerprint density at radius 1 is 1.32 bits per heavy atom. The molecule has 0 amide bonds. The predicted molar refractivity (Wildman–Crippen MR) is 72.8 cm³/mol. The molecule has 0 aliphatic heterocycles. The zero-order valence-corrected chi connectivity index (χ0v) is 11.7. The van der Waals surface area contributed by atoms with Crippen LogP contribution in [-0.2, 0) is 10.0 Å². The molecule has 2 unspecified atom stereocenters. The van der Waals surface area contributed by atoms with Crippen molar-refractivity contribution in [3.63, 3.8) is 0 Å². The summed E-state index contributed by atoms with van der Waals surface area (Å²) in [7, 11) is -3.85. The number of sulfonamides is 1. The number of nitrogens with one attached hydrogen (secondary N) is 1. The molecule has 1 saturated carbocycles. The Kier molecular flexibility index (Phi) is 4.10. The average molecular weight is 286 g/mol. The van der Waals surface area contributed by atoms with E-state index in [1.54, 1.807) is 0 Å². The first-order valence-electron chi connectivity index (χ1n) is 6.47. The van der Waals surface area contributed by atoms with Gasteiger partial charge in [0.2, 0.25) is 10.0 Å². The molecule has 1 aliphatic rings. The first-order valence-corrected chi connectivity index (χ1v) is 8.01. The smallest absolute Gasteiger partial charge is 0.238 e. The maximum absolute atomic E-state index is 13.9. The van der Waals surface area contributed by atoms with Crippen LogP contribution in [0.3, 0.4) is 0 Å². The van der Waals surface area contributed by atoms with Crippen molar-refractivity contribution in [2.24, 2.45) is 11.1 Å². The minimum atomic E-state index is -3.85. The largest absolute Gasteiger partial charge is 0.380 e. The molecule has 19 heavy (non-hydrogen) atoms. The van der Waals surface area contributed by atoms with Gasteiger partial charge in [-0.15, -0.1) is 0 Å². The molecule has 0 radical (unpaired) electrons. The van der Waals surface area contributed by atoms with Gasteiger partial charge in [-0.2, -0.15) is 0 Å². The van der Waals surface area contributed by atoms with Gasteiger partial charge in [0, 0.05) is 6.04 Å². The van der Waals surface area contributed by atoms with Gasteiger partial charge in [-0.25, -0.2) is 17.9 Å². The maximum Gasteiger partial charge on any atom is 0.238 e. The normalized spacial score (nSPS) is 24.2. The first-order chi connectivity index (χ1) is 8.88. The van der Waals surface area contributed by atoms with Crippen LogP contribution in [0.25, 0.3) is 0 Å². The topological polar surface area (TPSA) is 72.2 Å². The van der Waals surface area contributed by atoms with E-state index >= 15 is 0 Å². The zero-order valence-electron chi connectivity index (χ0n) is 10.9. The van der Waals surface area contributed by atoms with Gasteiger partial charge in [0.15, 0.2) is 0 Å². The van der Waals surface area contributed by atoms with Crippen molar-refractivity contribution < 1.29 is 12.8 Å².